The minimum Gasteiger partial charge on any atom is -0.326 e. The summed E-state index contributed by atoms with van der Waals surface area (Å²) in [7, 11) is 0. The van der Waals surface area contributed by atoms with Gasteiger partial charge in [-0.25, -0.2) is 8.78 Å². The summed E-state index contributed by atoms with van der Waals surface area (Å²) in [5.41, 5.74) is 6.33. The number of rotatable bonds is 5. The Balaban J connectivity index is 2.35. The van der Waals surface area contributed by atoms with E-state index >= 15 is 0 Å². The molecule has 0 saturated heterocycles. The van der Waals surface area contributed by atoms with Gasteiger partial charge in [0.15, 0.2) is 11.6 Å². The van der Waals surface area contributed by atoms with Crippen molar-refractivity contribution in [1.82, 2.24) is 5.32 Å². The van der Waals surface area contributed by atoms with Crippen molar-refractivity contribution in [1.29, 1.82) is 0 Å². The van der Waals surface area contributed by atoms with Crippen LogP contribution in [0.15, 0.2) is 18.2 Å². The van der Waals surface area contributed by atoms with Gasteiger partial charge < -0.3 is 11.1 Å². The van der Waals surface area contributed by atoms with Gasteiger partial charge in [0.1, 0.15) is 0 Å². The zero-order chi connectivity index (χ0) is 12.2. The molecule has 0 aromatic heterocycles. The normalized spacial score (nSPS) is 11.8. The minimum atomic E-state index is -0.813. The molecule has 0 aliphatic heterocycles. The Bertz CT molecular complexity index is 345. The van der Waals surface area contributed by atoms with Gasteiger partial charge in [-0.3, -0.25) is 0 Å². The second-order valence-electron chi connectivity index (χ2n) is 4.66. The highest BCUT2D eigenvalue weighted by molar-refractivity contribution is 5.17. The first-order valence-electron chi connectivity index (χ1n) is 5.32. The molecule has 0 aliphatic rings. The zero-order valence-corrected chi connectivity index (χ0v) is 9.69. The van der Waals surface area contributed by atoms with E-state index in [4.69, 9.17) is 5.73 Å². The Kier molecular flexibility index (Phi) is 4.38. The van der Waals surface area contributed by atoms with Crippen molar-refractivity contribution in [2.24, 2.45) is 5.73 Å². The molecule has 0 spiro atoms. The number of nitrogens with two attached hydrogens (primary N) is 1. The number of nitrogens with one attached hydrogen (secondary N) is 1. The van der Waals surface area contributed by atoms with E-state index in [9.17, 15) is 8.78 Å². The first kappa shape index (κ1) is 13.1. The topological polar surface area (TPSA) is 38.0 Å². The minimum absolute atomic E-state index is 0.207. The fourth-order valence-electron chi connectivity index (χ4n) is 1.29. The molecule has 0 unspecified atom stereocenters. The fourth-order valence-corrected chi connectivity index (χ4v) is 1.29. The summed E-state index contributed by atoms with van der Waals surface area (Å²) in [5.74, 6) is -1.62. The molecule has 4 heteroatoms. The van der Waals surface area contributed by atoms with Crippen molar-refractivity contribution in [3.8, 4) is 0 Å². The Hall–Kier alpha value is -1.00. The standard InChI is InChI=1S/C12H18F2N2/c1-12(2,15)5-6-16-8-9-3-4-10(13)11(14)7-9/h3-4,7,16H,5-6,8,15H2,1-2H3. The zero-order valence-electron chi connectivity index (χ0n) is 9.69. The summed E-state index contributed by atoms with van der Waals surface area (Å²) in [6.45, 7) is 5.17. The van der Waals surface area contributed by atoms with Crippen LogP contribution in [0.5, 0.6) is 0 Å². The van der Waals surface area contributed by atoms with Gasteiger partial charge in [-0.15, -0.1) is 0 Å². The maximum Gasteiger partial charge on any atom is 0.159 e. The van der Waals surface area contributed by atoms with Crippen LogP contribution in [0.25, 0.3) is 0 Å². The highest BCUT2D eigenvalue weighted by Crippen LogP contribution is 2.08. The van der Waals surface area contributed by atoms with E-state index in [0.29, 0.717) is 6.54 Å². The molecule has 1 rings (SSSR count). The molecule has 0 saturated carbocycles. The number of halogens is 2. The van der Waals surface area contributed by atoms with Crippen LogP contribution in [0.2, 0.25) is 0 Å². The molecule has 0 atom stereocenters. The van der Waals surface area contributed by atoms with Crippen LogP contribution in [0.1, 0.15) is 25.8 Å². The van der Waals surface area contributed by atoms with Crippen molar-refractivity contribution in [3.63, 3.8) is 0 Å². The van der Waals surface area contributed by atoms with Crippen LogP contribution in [-0.2, 0) is 6.54 Å². The molecule has 16 heavy (non-hydrogen) atoms. The lowest BCUT2D eigenvalue weighted by Crippen LogP contribution is -2.35. The average molecular weight is 228 g/mol. The van der Waals surface area contributed by atoms with Gasteiger partial charge >= 0.3 is 0 Å². The summed E-state index contributed by atoms with van der Waals surface area (Å²) < 4.78 is 25.5. The predicted octanol–water partition coefficient (Wildman–Crippen LogP) is 2.18. The third kappa shape index (κ3) is 4.68. The summed E-state index contributed by atoms with van der Waals surface area (Å²) in [6, 6.07) is 3.91. The fraction of sp³-hybridized carbons (Fsp3) is 0.500. The SMILES string of the molecule is CC(C)(N)CCNCc1ccc(F)c(F)c1. The van der Waals surface area contributed by atoms with Crippen LogP contribution in [0.4, 0.5) is 8.78 Å². The van der Waals surface area contributed by atoms with Crippen LogP contribution < -0.4 is 11.1 Å². The highest BCUT2D eigenvalue weighted by Gasteiger charge is 2.09. The number of hydrogen-bond acceptors (Lipinski definition) is 2. The molecule has 0 fully saturated rings. The lowest BCUT2D eigenvalue weighted by molar-refractivity contribution is 0.454. The number of hydrogen-bond donors (Lipinski definition) is 2. The van der Waals surface area contributed by atoms with Gasteiger partial charge in [-0.2, -0.15) is 0 Å². The van der Waals surface area contributed by atoms with Crippen molar-refractivity contribution >= 4 is 0 Å². The van der Waals surface area contributed by atoms with Gasteiger partial charge in [0.05, 0.1) is 0 Å². The van der Waals surface area contributed by atoms with E-state index in [1.54, 1.807) is 6.07 Å². The average Bonchev–Trinajstić information content (AvgIpc) is 2.17. The summed E-state index contributed by atoms with van der Waals surface area (Å²) in [6.07, 6.45) is 0.830. The van der Waals surface area contributed by atoms with E-state index in [1.807, 2.05) is 13.8 Å². The summed E-state index contributed by atoms with van der Waals surface area (Å²) in [4.78, 5) is 0. The maximum absolute atomic E-state index is 12.9. The Morgan fingerprint density at radius 3 is 2.50 bits per heavy atom. The first-order valence-corrected chi connectivity index (χ1v) is 5.32. The summed E-state index contributed by atoms with van der Waals surface area (Å²) >= 11 is 0. The smallest absolute Gasteiger partial charge is 0.159 e. The van der Waals surface area contributed by atoms with E-state index in [2.05, 4.69) is 5.32 Å². The molecule has 0 bridgehead atoms. The molecule has 3 N–H and O–H groups in total. The molecule has 0 amide bonds. The molecule has 90 valence electrons. The molecular formula is C12H18F2N2. The van der Waals surface area contributed by atoms with Crippen LogP contribution in [0, 0.1) is 11.6 Å². The third-order valence-electron chi connectivity index (χ3n) is 2.26. The van der Waals surface area contributed by atoms with Gasteiger partial charge in [-0.05, 0) is 44.5 Å². The lowest BCUT2D eigenvalue weighted by atomic mass is 10.0. The predicted molar refractivity (Wildman–Crippen MR) is 60.9 cm³/mol. The maximum atomic E-state index is 12.9. The second-order valence-corrected chi connectivity index (χ2v) is 4.66. The lowest BCUT2D eigenvalue weighted by Gasteiger charge is -2.18. The molecule has 1 aromatic rings. The Labute approximate surface area is 94.8 Å². The van der Waals surface area contributed by atoms with Crippen molar-refractivity contribution in [2.75, 3.05) is 6.54 Å². The second kappa shape index (κ2) is 5.37. The van der Waals surface area contributed by atoms with E-state index in [0.717, 1.165) is 24.6 Å². The highest BCUT2D eigenvalue weighted by atomic mass is 19.2. The summed E-state index contributed by atoms with van der Waals surface area (Å²) in [5, 5.41) is 3.14. The van der Waals surface area contributed by atoms with E-state index in [1.165, 1.54) is 6.07 Å². The molecular weight excluding hydrogens is 210 g/mol. The van der Waals surface area contributed by atoms with Crippen molar-refractivity contribution < 1.29 is 8.78 Å². The quantitative estimate of drug-likeness (QED) is 0.758. The first-order chi connectivity index (χ1) is 7.38. The Morgan fingerprint density at radius 2 is 1.94 bits per heavy atom. The van der Waals surface area contributed by atoms with Gasteiger partial charge in [0, 0.05) is 12.1 Å². The van der Waals surface area contributed by atoms with E-state index in [-0.39, 0.29) is 5.54 Å². The largest absolute Gasteiger partial charge is 0.326 e. The van der Waals surface area contributed by atoms with Crippen LogP contribution in [0.3, 0.4) is 0 Å². The van der Waals surface area contributed by atoms with Gasteiger partial charge in [0.25, 0.3) is 0 Å². The van der Waals surface area contributed by atoms with Crippen LogP contribution >= 0.6 is 0 Å². The number of benzene rings is 1. The Morgan fingerprint density at radius 1 is 1.25 bits per heavy atom. The van der Waals surface area contributed by atoms with Crippen molar-refractivity contribution in [3.05, 3.63) is 35.4 Å². The third-order valence-corrected chi connectivity index (χ3v) is 2.26. The molecule has 2 nitrogen and oxygen atoms in total. The molecule has 0 heterocycles. The van der Waals surface area contributed by atoms with Crippen molar-refractivity contribution in [2.45, 2.75) is 32.4 Å². The molecule has 0 radical (unpaired) electrons. The van der Waals surface area contributed by atoms with Gasteiger partial charge in [-0.1, -0.05) is 6.07 Å². The van der Waals surface area contributed by atoms with E-state index < -0.39 is 11.6 Å². The monoisotopic (exact) mass is 228 g/mol. The van der Waals surface area contributed by atoms with Crippen LogP contribution in [-0.4, -0.2) is 12.1 Å². The molecule has 1 aromatic carbocycles. The van der Waals surface area contributed by atoms with Gasteiger partial charge in [0.2, 0.25) is 0 Å². The molecule has 0 aliphatic carbocycles.